The molecule has 20 heavy (non-hydrogen) atoms. The van der Waals surface area contributed by atoms with Crippen molar-refractivity contribution < 1.29 is 14.2 Å². The normalized spacial score (nSPS) is 11.9. The van der Waals surface area contributed by atoms with Gasteiger partial charge < -0.3 is 20.9 Å². The van der Waals surface area contributed by atoms with E-state index in [-0.39, 0.29) is 18.0 Å². The number of anilines is 2. The van der Waals surface area contributed by atoms with E-state index in [4.69, 9.17) is 10.5 Å². The molecule has 0 bridgehead atoms. The summed E-state index contributed by atoms with van der Waals surface area (Å²) in [7, 11) is 1.47. The molecule has 4 N–H and O–H groups in total. The first-order valence-corrected chi connectivity index (χ1v) is 6.21. The number of aliphatic hydroxyl groups is 1. The van der Waals surface area contributed by atoms with E-state index in [0.29, 0.717) is 5.75 Å². The van der Waals surface area contributed by atoms with Crippen LogP contribution in [0.2, 0.25) is 0 Å². The maximum atomic E-state index is 13.9. The molecule has 0 aliphatic rings. The average Bonchev–Trinajstić information content (AvgIpc) is 2.47. The highest BCUT2D eigenvalue weighted by Gasteiger charge is 2.14. The van der Waals surface area contributed by atoms with Gasteiger partial charge in [0.05, 0.1) is 31.1 Å². The first kappa shape index (κ1) is 14.1. The highest BCUT2D eigenvalue weighted by molar-refractivity contribution is 5.62. The molecule has 2 aromatic rings. The van der Waals surface area contributed by atoms with Gasteiger partial charge in [-0.15, -0.1) is 0 Å². The first-order chi connectivity index (χ1) is 9.65. The highest BCUT2D eigenvalue weighted by Crippen LogP contribution is 2.30. The summed E-state index contributed by atoms with van der Waals surface area (Å²) in [5, 5.41) is 12.4. The molecule has 0 spiro atoms. The molecule has 0 fully saturated rings. The number of halogens is 1. The third-order valence-electron chi connectivity index (χ3n) is 3.03. The Morgan fingerprint density at radius 2 is 2.00 bits per heavy atom. The molecule has 2 rings (SSSR count). The van der Waals surface area contributed by atoms with Gasteiger partial charge in [-0.25, -0.2) is 4.39 Å². The van der Waals surface area contributed by atoms with Crippen LogP contribution < -0.4 is 15.8 Å². The summed E-state index contributed by atoms with van der Waals surface area (Å²) in [5.74, 6) is -0.101. The lowest BCUT2D eigenvalue weighted by Crippen LogP contribution is -2.15. The Bertz CT molecular complexity index is 576. The zero-order valence-corrected chi connectivity index (χ0v) is 11.1. The standard InChI is InChI=1S/C15H17FN2O2/c1-20-15-8-13(11(16)7-12(15)17)18-14(9-19)10-5-3-2-4-6-10/h2-8,14,18-19H,9,17H2,1H3. The van der Waals surface area contributed by atoms with E-state index in [9.17, 15) is 9.50 Å². The number of ether oxygens (including phenoxy) is 1. The van der Waals surface area contributed by atoms with Crippen molar-refractivity contribution in [2.75, 3.05) is 24.8 Å². The van der Waals surface area contributed by atoms with Crippen molar-refractivity contribution in [3.8, 4) is 5.75 Å². The summed E-state index contributed by atoms with van der Waals surface area (Å²) >= 11 is 0. The van der Waals surface area contributed by atoms with Gasteiger partial charge in [0.25, 0.3) is 0 Å². The summed E-state index contributed by atoms with van der Waals surface area (Å²) in [4.78, 5) is 0. The molecule has 2 aromatic carbocycles. The maximum Gasteiger partial charge on any atom is 0.148 e. The molecule has 1 atom stereocenters. The SMILES string of the molecule is COc1cc(NC(CO)c2ccccc2)c(F)cc1N. The van der Waals surface area contributed by atoms with Gasteiger partial charge in [0, 0.05) is 12.1 Å². The van der Waals surface area contributed by atoms with Crippen molar-refractivity contribution in [1.82, 2.24) is 0 Å². The summed E-state index contributed by atoms with van der Waals surface area (Å²) in [5.41, 5.74) is 6.97. The van der Waals surface area contributed by atoms with Crippen LogP contribution in [0.15, 0.2) is 42.5 Å². The third-order valence-corrected chi connectivity index (χ3v) is 3.03. The van der Waals surface area contributed by atoms with Gasteiger partial charge in [-0.05, 0) is 5.56 Å². The van der Waals surface area contributed by atoms with Crippen LogP contribution in [0.5, 0.6) is 5.75 Å². The number of aliphatic hydroxyl groups excluding tert-OH is 1. The second-order valence-corrected chi connectivity index (χ2v) is 4.36. The molecule has 106 valence electrons. The molecule has 0 amide bonds. The molecule has 0 aromatic heterocycles. The quantitative estimate of drug-likeness (QED) is 0.734. The molecule has 0 aliphatic heterocycles. The fourth-order valence-electron chi connectivity index (χ4n) is 1.96. The number of nitrogen functional groups attached to an aromatic ring is 1. The Labute approximate surface area is 117 Å². The predicted octanol–water partition coefficient (Wildman–Crippen LogP) is 2.56. The van der Waals surface area contributed by atoms with Crippen LogP contribution in [0.4, 0.5) is 15.8 Å². The van der Waals surface area contributed by atoms with Gasteiger partial charge in [-0.1, -0.05) is 30.3 Å². The monoisotopic (exact) mass is 276 g/mol. The van der Waals surface area contributed by atoms with Crippen LogP contribution in [-0.2, 0) is 0 Å². The smallest absolute Gasteiger partial charge is 0.148 e. The largest absolute Gasteiger partial charge is 0.495 e. The van der Waals surface area contributed by atoms with Gasteiger partial charge in [-0.3, -0.25) is 0 Å². The summed E-state index contributed by atoms with van der Waals surface area (Å²) in [6.45, 7) is -0.157. The molecule has 5 heteroatoms. The molecule has 0 heterocycles. The van der Waals surface area contributed by atoms with E-state index < -0.39 is 11.9 Å². The van der Waals surface area contributed by atoms with E-state index in [0.717, 1.165) is 5.56 Å². The molecule has 0 saturated carbocycles. The molecular weight excluding hydrogens is 259 g/mol. The van der Waals surface area contributed by atoms with Crippen LogP contribution in [0.3, 0.4) is 0 Å². The van der Waals surface area contributed by atoms with Crippen molar-refractivity contribution >= 4 is 11.4 Å². The van der Waals surface area contributed by atoms with E-state index in [2.05, 4.69) is 5.32 Å². The van der Waals surface area contributed by atoms with Crippen LogP contribution >= 0.6 is 0 Å². The third kappa shape index (κ3) is 3.00. The minimum Gasteiger partial charge on any atom is -0.495 e. The van der Waals surface area contributed by atoms with E-state index in [1.165, 1.54) is 19.2 Å². The molecule has 0 aliphatic carbocycles. The fourth-order valence-corrected chi connectivity index (χ4v) is 1.96. The second-order valence-electron chi connectivity index (χ2n) is 4.36. The Kier molecular flexibility index (Phi) is 4.42. The lowest BCUT2D eigenvalue weighted by atomic mass is 10.1. The molecule has 1 unspecified atom stereocenters. The van der Waals surface area contributed by atoms with Crippen molar-refractivity contribution in [3.63, 3.8) is 0 Å². The van der Waals surface area contributed by atoms with Crippen molar-refractivity contribution in [1.29, 1.82) is 0 Å². The van der Waals surface area contributed by atoms with E-state index in [1.807, 2.05) is 30.3 Å². The lowest BCUT2D eigenvalue weighted by molar-refractivity contribution is 0.276. The average molecular weight is 276 g/mol. The van der Waals surface area contributed by atoms with Crippen molar-refractivity contribution in [2.24, 2.45) is 0 Å². The summed E-state index contributed by atoms with van der Waals surface area (Å²) in [6.07, 6.45) is 0. The predicted molar refractivity (Wildman–Crippen MR) is 77.3 cm³/mol. The highest BCUT2D eigenvalue weighted by atomic mass is 19.1. The topological polar surface area (TPSA) is 67.5 Å². The Morgan fingerprint density at radius 3 is 2.60 bits per heavy atom. The number of nitrogens with one attached hydrogen (secondary N) is 1. The number of hydrogen-bond acceptors (Lipinski definition) is 4. The number of nitrogens with two attached hydrogens (primary N) is 1. The molecule has 0 saturated heterocycles. The maximum absolute atomic E-state index is 13.9. The van der Waals surface area contributed by atoms with Gasteiger partial charge in [-0.2, -0.15) is 0 Å². The van der Waals surface area contributed by atoms with Crippen LogP contribution in [-0.4, -0.2) is 18.8 Å². The van der Waals surface area contributed by atoms with Gasteiger partial charge in [0.1, 0.15) is 11.6 Å². The Morgan fingerprint density at radius 1 is 1.30 bits per heavy atom. The van der Waals surface area contributed by atoms with Crippen LogP contribution in [0.1, 0.15) is 11.6 Å². The zero-order chi connectivity index (χ0) is 14.5. The molecule has 4 nitrogen and oxygen atoms in total. The molecular formula is C15H17FN2O2. The van der Waals surface area contributed by atoms with Crippen LogP contribution in [0, 0.1) is 5.82 Å². The fraction of sp³-hybridized carbons (Fsp3) is 0.200. The Hall–Kier alpha value is -2.27. The Balaban J connectivity index is 2.28. The van der Waals surface area contributed by atoms with Gasteiger partial charge in [0.2, 0.25) is 0 Å². The summed E-state index contributed by atoms with van der Waals surface area (Å²) < 4.78 is 19.0. The van der Waals surface area contributed by atoms with E-state index >= 15 is 0 Å². The number of rotatable bonds is 5. The van der Waals surface area contributed by atoms with Crippen LogP contribution in [0.25, 0.3) is 0 Å². The second kappa shape index (κ2) is 6.25. The van der Waals surface area contributed by atoms with E-state index in [1.54, 1.807) is 0 Å². The minimum absolute atomic E-state index is 0.157. The lowest BCUT2D eigenvalue weighted by Gasteiger charge is -2.19. The minimum atomic E-state index is -0.488. The first-order valence-electron chi connectivity index (χ1n) is 6.21. The summed E-state index contributed by atoms with van der Waals surface area (Å²) in [6, 6.07) is 11.6. The van der Waals surface area contributed by atoms with Crippen molar-refractivity contribution in [2.45, 2.75) is 6.04 Å². The number of benzene rings is 2. The van der Waals surface area contributed by atoms with Gasteiger partial charge >= 0.3 is 0 Å². The molecule has 0 radical (unpaired) electrons. The van der Waals surface area contributed by atoms with Gasteiger partial charge in [0.15, 0.2) is 0 Å². The number of hydrogen-bond donors (Lipinski definition) is 3. The van der Waals surface area contributed by atoms with Crippen molar-refractivity contribution in [3.05, 3.63) is 53.8 Å². The zero-order valence-electron chi connectivity index (χ0n) is 11.1. The number of methoxy groups -OCH3 is 1.